The van der Waals surface area contributed by atoms with Crippen molar-refractivity contribution in [1.29, 1.82) is 0 Å². The highest BCUT2D eigenvalue weighted by molar-refractivity contribution is 7.92. The normalized spacial score (nSPS) is 11.9. The van der Waals surface area contributed by atoms with Gasteiger partial charge in [-0.2, -0.15) is 18.3 Å². The molecule has 3 rings (SSSR count). The predicted molar refractivity (Wildman–Crippen MR) is 120 cm³/mol. The second-order valence-electron chi connectivity index (χ2n) is 6.74. The number of nitro benzene ring substituents is 1. The van der Waals surface area contributed by atoms with Crippen LogP contribution in [0.25, 0.3) is 0 Å². The van der Waals surface area contributed by atoms with Crippen LogP contribution in [-0.4, -0.2) is 26.7 Å². The zero-order chi connectivity index (χ0) is 24.9. The van der Waals surface area contributed by atoms with Gasteiger partial charge in [-0.05, 0) is 42.0 Å². The number of halogens is 3. The fourth-order valence-corrected chi connectivity index (χ4v) is 3.92. The number of hydrogen-bond donors (Lipinski definition) is 2. The standard InChI is InChI=1S/C21H17F3N4O5S/c1-33-20-8-3-2-7-18(20)27-34(31,32)16-9-10-17(19(12-16)28(29)30)26-25-13-14-5-4-6-15(11-14)21(22,23)24/h2-13,26-27H,1H3. The van der Waals surface area contributed by atoms with Gasteiger partial charge in [0.25, 0.3) is 15.7 Å². The number of alkyl halides is 3. The first-order valence-corrected chi connectivity index (χ1v) is 10.9. The number of nitrogens with zero attached hydrogens (tertiary/aromatic N) is 2. The lowest BCUT2D eigenvalue weighted by atomic mass is 10.1. The smallest absolute Gasteiger partial charge is 0.416 e. The topological polar surface area (TPSA) is 123 Å². The van der Waals surface area contributed by atoms with Crippen molar-refractivity contribution in [1.82, 2.24) is 0 Å². The van der Waals surface area contributed by atoms with Gasteiger partial charge in [0.05, 0.1) is 34.4 Å². The lowest BCUT2D eigenvalue weighted by Crippen LogP contribution is -2.14. The number of nitro groups is 1. The summed E-state index contributed by atoms with van der Waals surface area (Å²) < 4.78 is 71.3. The molecule has 0 aliphatic heterocycles. The van der Waals surface area contributed by atoms with Crippen LogP contribution in [0.15, 0.2) is 76.7 Å². The Kier molecular flexibility index (Phi) is 7.05. The largest absolute Gasteiger partial charge is 0.495 e. The van der Waals surface area contributed by atoms with E-state index in [4.69, 9.17) is 4.74 Å². The molecule has 0 fully saturated rings. The number of para-hydroxylation sites is 2. The molecule has 0 bridgehead atoms. The Morgan fingerprint density at radius 3 is 2.44 bits per heavy atom. The average molecular weight is 494 g/mol. The van der Waals surface area contributed by atoms with E-state index in [0.717, 1.165) is 36.5 Å². The SMILES string of the molecule is COc1ccccc1NS(=O)(=O)c1ccc(NN=Cc2cccc(C(F)(F)F)c2)c([N+](=O)[O-])c1. The molecule has 0 spiro atoms. The monoisotopic (exact) mass is 494 g/mol. The van der Waals surface area contributed by atoms with Gasteiger partial charge in [-0.25, -0.2) is 8.42 Å². The minimum atomic E-state index is -4.53. The number of nitrogens with one attached hydrogen (secondary N) is 2. The van der Waals surface area contributed by atoms with Gasteiger partial charge in [0, 0.05) is 6.07 Å². The second kappa shape index (κ2) is 9.79. The van der Waals surface area contributed by atoms with E-state index in [-0.39, 0.29) is 22.7 Å². The second-order valence-corrected chi connectivity index (χ2v) is 8.42. The Morgan fingerprint density at radius 1 is 1.03 bits per heavy atom. The molecule has 0 unspecified atom stereocenters. The minimum absolute atomic E-state index is 0.102. The van der Waals surface area contributed by atoms with Gasteiger partial charge < -0.3 is 4.74 Å². The van der Waals surface area contributed by atoms with Crippen LogP contribution >= 0.6 is 0 Å². The number of hydrogen-bond acceptors (Lipinski definition) is 7. The van der Waals surface area contributed by atoms with E-state index in [1.807, 2.05) is 0 Å². The molecule has 9 nitrogen and oxygen atoms in total. The van der Waals surface area contributed by atoms with Gasteiger partial charge >= 0.3 is 6.18 Å². The van der Waals surface area contributed by atoms with Crippen molar-refractivity contribution in [3.63, 3.8) is 0 Å². The van der Waals surface area contributed by atoms with Crippen LogP contribution in [0.2, 0.25) is 0 Å². The summed E-state index contributed by atoms with van der Waals surface area (Å²) >= 11 is 0. The number of anilines is 2. The molecule has 0 aliphatic rings. The molecular weight excluding hydrogens is 477 g/mol. The van der Waals surface area contributed by atoms with Gasteiger partial charge in [0.15, 0.2) is 0 Å². The molecule has 0 aliphatic carbocycles. The lowest BCUT2D eigenvalue weighted by Gasteiger charge is -2.12. The highest BCUT2D eigenvalue weighted by Crippen LogP contribution is 2.31. The molecule has 3 aromatic rings. The van der Waals surface area contributed by atoms with Crippen molar-refractivity contribution in [2.75, 3.05) is 17.3 Å². The summed E-state index contributed by atoms with van der Waals surface area (Å²) in [6.45, 7) is 0. The Bertz CT molecular complexity index is 1340. The first kappa shape index (κ1) is 24.5. The van der Waals surface area contributed by atoms with E-state index in [1.54, 1.807) is 12.1 Å². The third-order valence-corrected chi connectivity index (χ3v) is 5.80. The third-order valence-electron chi connectivity index (χ3n) is 4.44. The lowest BCUT2D eigenvalue weighted by molar-refractivity contribution is -0.384. The van der Waals surface area contributed by atoms with E-state index in [2.05, 4.69) is 15.2 Å². The highest BCUT2D eigenvalue weighted by atomic mass is 32.2. The maximum absolute atomic E-state index is 12.8. The fourth-order valence-electron chi connectivity index (χ4n) is 2.83. The summed E-state index contributed by atoms with van der Waals surface area (Å²) in [7, 11) is -2.85. The third kappa shape index (κ3) is 5.81. The van der Waals surface area contributed by atoms with Gasteiger partial charge in [0.2, 0.25) is 0 Å². The summed E-state index contributed by atoms with van der Waals surface area (Å²) in [6.07, 6.45) is -3.48. The molecule has 13 heteroatoms. The van der Waals surface area contributed by atoms with E-state index in [9.17, 15) is 31.7 Å². The molecule has 178 valence electrons. The average Bonchev–Trinajstić information content (AvgIpc) is 2.79. The predicted octanol–water partition coefficient (Wildman–Crippen LogP) is 4.87. The van der Waals surface area contributed by atoms with Crippen LogP contribution in [0.1, 0.15) is 11.1 Å². The number of benzene rings is 3. The molecule has 3 aromatic carbocycles. The summed E-state index contributed by atoms with van der Waals surface area (Å²) in [5.41, 5.74) is 0.955. The van der Waals surface area contributed by atoms with Gasteiger partial charge in [-0.1, -0.05) is 24.3 Å². The summed E-state index contributed by atoms with van der Waals surface area (Å²) in [5, 5.41) is 15.2. The highest BCUT2D eigenvalue weighted by Gasteiger charge is 2.30. The first-order chi connectivity index (χ1) is 16.0. The number of rotatable bonds is 8. The van der Waals surface area contributed by atoms with Crippen molar-refractivity contribution >= 4 is 33.3 Å². The van der Waals surface area contributed by atoms with Crippen molar-refractivity contribution < 1.29 is 31.2 Å². The van der Waals surface area contributed by atoms with E-state index < -0.39 is 37.3 Å². The molecule has 0 aromatic heterocycles. The molecule has 0 radical (unpaired) electrons. The van der Waals surface area contributed by atoms with E-state index in [0.29, 0.717) is 0 Å². The van der Waals surface area contributed by atoms with E-state index >= 15 is 0 Å². The molecule has 2 N–H and O–H groups in total. The minimum Gasteiger partial charge on any atom is -0.495 e. The number of ether oxygens (including phenoxy) is 1. The molecule has 0 atom stereocenters. The van der Waals surface area contributed by atoms with E-state index in [1.165, 1.54) is 31.4 Å². The summed E-state index contributed by atoms with van der Waals surface area (Å²) in [6, 6.07) is 13.6. The zero-order valence-electron chi connectivity index (χ0n) is 17.4. The Hall–Kier alpha value is -4.13. The van der Waals surface area contributed by atoms with Crippen LogP contribution < -0.4 is 14.9 Å². The quantitative estimate of drug-likeness (QED) is 0.262. The van der Waals surface area contributed by atoms with Crippen LogP contribution in [0.5, 0.6) is 5.75 Å². The Morgan fingerprint density at radius 2 is 1.76 bits per heavy atom. The maximum atomic E-state index is 12.8. The Labute approximate surface area is 192 Å². The number of hydrazone groups is 1. The summed E-state index contributed by atoms with van der Waals surface area (Å²) in [5.74, 6) is 0.253. The van der Waals surface area contributed by atoms with Crippen LogP contribution in [0.4, 0.5) is 30.2 Å². The van der Waals surface area contributed by atoms with Crippen LogP contribution in [-0.2, 0) is 16.2 Å². The summed E-state index contributed by atoms with van der Waals surface area (Å²) in [4.78, 5) is 10.3. The molecule has 34 heavy (non-hydrogen) atoms. The molecule has 0 saturated heterocycles. The Balaban J connectivity index is 1.85. The molecular formula is C21H17F3N4O5S. The van der Waals surface area contributed by atoms with Gasteiger partial charge in [0.1, 0.15) is 11.4 Å². The number of sulfonamides is 1. The van der Waals surface area contributed by atoms with Crippen molar-refractivity contribution in [3.8, 4) is 5.75 Å². The zero-order valence-corrected chi connectivity index (χ0v) is 18.2. The number of methoxy groups -OCH3 is 1. The van der Waals surface area contributed by atoms with Crippen molar-refractivity contribution in [2.24, 2.45) is 5.10 Å². The molecule has 0 heterocycles. The molecule has 0 amide bonds. The van der Waals surface area contributed by atoms with Gasteiger partial charge in [-0.3, -0.25) is 20.3 Å². The van der Waals surface area contributed by atoms with Crippen molar-refractivity contribution in [2.45, 2.75) is 11.1 Å². The van der Waals surface area contributed by atoms with Crippen LogP contribution in [0.3, 0.4) is 0 Å². The van der Waals surface area contributed by atoms with Crippen LogP contribution in [0, 0.1) is 10.1 Å². The first-order valence-electron chi connectivity index (χ1n) is 9.42. The van der Waals surface area contributed by atoms with Crippen molar-refractivity contribution in [3.05, 3.63) is 88.0 Å². The maximum Gasteiger partial charge on any atom is 0.416 e. The van der Waals surface area contributed by atoms with Gasteiger partial charge in [-0.15, -0.1) is 0 Å². The molecule has 0 saturated carbocycles. The fraction of sp³-hybridized carbons (Fsp3) is 0.0952.